The minimum atomic E-state index is -0.845. The lowest BCUT2D eigenvalue weighted by molar-refractivity contribution is -0.132. The van der Waals surface area contributed by atoms with Crippen molar-refractivity contribution >= 4 is 5.91 Å². The normalized spacial score (nSPS) is 30.7. The Kier molecular flexibility index (Phi) is 4.23. The van der Waals surface area contributed by atoms with Crippen LogP contribution in [0.4, 0.5) is 0 Å². The topological polar surface area (TPSA) is 62.1 Å². The van der Waals surface area contributed by atoms with Gasteiger partial charge >= 0.3 is 0 Å². The lowest BCUT2D eigenvalue weighted by atomic mass is 9.81. The molecule has 1 heterocycles. The van der Waals surface area contributed by atoms with Crippen LogP contribution in [-0.4, -0.2) is 25.7 Å². The maximum atomic E-state index is 12.2. The third kappa shape index (κ3) is 2.84. The summed E-state index contributed by atoms with van der Waals surface area (Å²) in [6.45, 7) is 4.02. The van der Waals surface area contributed by atoms with Crippen molar-refractivity contribution in [1.29, 1.82) is 5.26 Å². The molecule has 100 valence electrons. The first kappa shape index (κ1) is 13.4. The quantitative estimate of drug-likeness (QED) is 0.831. The molecule has 0 aromatic rings. The minimum Gasteiger partial charge on any atom is -0.381 e. The van der Waals surface area contributed by atoms with E-state index in [-0.39, 0.29) is 5.91 Å². The summed E-state index contributed by atoms with van der Waals surface area (Å²) < 4.78 is 5.24. The van der Waals surface area contributed by atoms with Gasteiger partial charge in [-0.15, -0.1) is 0 Å². The van der Waals surface area contributed by atoms with Crippen LogP contribution in [0, 0.1) is 28.6 Å². The smallest absolute Gasteiger partial charge is 0.240 e. The van der Waals surface area contributed by atoms with Crippen molar-refractivity contribution in [2.75, 3.05) is 19.8 Å². The Morgan fingerprint density at radius 2 is 2.17 bits per heavy atom. The summed E-state index contributed by atoms with van der Waals surface area (Å²) in [6.07, 6.45) is 4.71. The van der Waals surface area contributed by atoms with E-state index in [1.54, 1.807) is 0 Å². The zero-order chi connectivity index (χ0) is 13.0. The van der Waals surface area contributed by atoms with Gasteiger partial charge < -0.3 is 10.1 Å². The SMILES string of the molecule is CC1CCC(CNC(=O)C2(C#N)CCOCC2)C1. The van der Waals surface area contributed by atoms with Gasteiger partial charge in [0, 0.05) is 19.8 Å². The molecule has 0 bridgehead atoms. The van der Waals surface area contributed by atoms with Crippen molar-refractivity contribution in [3.8, 4) is 6.07 Å². The predicted molar refractivity (Wildman–Crippen MR) is 67.6 cm³/mol. The molecule has 4 heteroatoms. The van der Waals surface area contributed by atoms with Crippen LogP contribution in [0.3, 0.4) is 0 Å². The van der Waals surface area contributed by atoms with E-state index < -0.39 is 5.41 Å². The number of hydrogen-bond acceptors (Lipinski definition) is 3. The molecular weight excluding hydrogens is 228 g/mol. The van der Waals surface area contributed by atoms with Gasteiger partial charge in [-0.2, -0.15) is 5.26 Å². The molecule has 2 aliphatic rings. The number of nitriles is 1. The Morgan fingerprint density at radius 3 is 2.72 bits per heavy atom. The highest BCUT2D eigenvalue weighted by Gasteiger charge is 2.40. The third-order valence-corrected chi connectivity index (χ3v) is 4.35. The minimum absolute atomic E-state index is 0.0900. The van der Waals surface area contributed by atoms with Crippen LogP contribution in [-0.2, 0) is 9.53 Å². The fourth-order valence-electron chi connectivity index (χ4n) is 3.03. The Hall–Kier alpha value is -1.08. The molecule has 2 fully saturated rings. The van der Waals surface area contributed by atoms with Crippen LogP contribution >= 0.6 is 0 Å². The molecule has 0 aromatic carbocycles. The van der Waals surface area contributed by atoms with Gasteiger partial charge in [0.2, 0.25) is 5.91 Å². The van der Waals surface area contributed by atoms with E-state index in [9.17, 15) is 10.1 Å². The molecule has 4 nitrogen and oxygen atoms in total. The summed E-state index contributed by atoms with van der Waals surface area (Å²) in [5, 5.41) is 12.3. The molecule has 0 aromatic heterocycles. The zero-order valence-electron chi connectivity index (χ0n) is 11.1. The van der Waals surface area contributed by atoms with Gasteiger partial charge in [0.1, 0.15) is 5.41 Å². The molecule has 1 aliphatic carbocycles. The molecular formula is C14H22N2O2. The maximum Gasteiger partial charge on any atom is 0.240 e. The Labute approximate surface area is 109 Å². The molecule has 0 spiro atoms. The molecule has 1 amide bonds. The molecule has 1 saturated carbocycles. The van der Waals surface area contributed by atoms with E-state index >= 15 is 0 Å². The predicted octanol–water partition coefficient (Wildman–Crippen LogP) is 1.86. The Balaban J connectivity index is 1.84. The molecule has 1 aliphatic heterocycles. The fourth-order valence-corrected chi connectivity index (χ4v) is 3.03. The molecule has 1 saturated heterocycles. The highest BCUT2D eigenvalue weighted by Crippen LogP contribution is 2.32. The number of amides is 1. The van der Waals surface area contributed by atoms with Crippen LogP contribution in [0.25, 0.3) is 0 Å². The second-order valence-corrected chi connectivity index (χ2v) is 5.80. The van der Waals surface area contributed by atoms with E-state index in [1.165, 1.54) is 19.3 Å². The van der Waals surface area contributed by atoms with Crippen LogP contribution in [0.2, 0.25) is 0 Å². The molecule has 18 heavy (non-hydrogen) atoms. The maximum absolute atomic E-state index is 12.2. The molecule has 1 N–H and O–H groups in total. The zero-order valence-corrected chi connectivity index (χ0v) is 11.1. The standard InChI is InChI=1S/C14H22N2O2/c1-11-2-3-12(8-11)9-16-13(17)14(10-15)4-6-18-7-5-14/h11-12H,2-9H2,1H3,(H,16,17). The summed E-state index contributed by atoms with van der Waals surface area (Å²) in [5.74, 6) is 1.28. The Bertz CT molecular complexity index is 342. The summed E-state index contributed by atoms with van der Waals surface area (Å²) in [7, 11) is 0. The van der Waals surface area contributed by atoms with E-state index in [0.29, 0.717) is 32.0 Å². The largest absolute Gasteiger partial charge is 0.381 e. The van der Waals surface area contributed by atoms with Crippen molar-refractivity contribution in [1.82, 2.24) is 5.32 Å². The van der Waals surface area contributed by atoms with Crippen molar-refractivity contribution in [3.63, 3.8) is 0 Å². The van der Waals surface area contributed by atoms with E-state index in [0.717, 1.165) is 12.5 Å². The first-order valence-electron chi connectivity index (χ1n) is 6.93. The Morgan fingerprint density at radius 1 is 1.44 bits per heavy atom. The van der Waals surface area contributed by atoms with Crippen LogP contribution in [0.5, 0.6) is 0 Å². The van der Waals surface area contributed by atoms with Crippen LogP contribution < -0.4 is 5.32 Å². The third-order valence-electron chi connectivity index (χ3n) is 4.35. The molecule has 2 unspecified atom stereocenters. The number of nitrogens with zero attached hydrogens (tertiary/aromatic N) is 1. The average Bonchev–Trinajstić information content (AvgIpc) is 2.82. The summed E-state index contributed by atoms with van der Waals surface area (Å²) in [6, 6.07) is 2.21. The van der Waals surface area contributed by atoms with Crippen molar-refractivity contribution < 1.29 is 9.53 Å². The van der Waals surface area contributed by atoms with Crippen molar-refractivity contribution in [2.45, 2.75) is 39.0 Å². The van der Waals surface area contributed by atoms with Crippen molar-refractivity contribution in [2.24, 2.45) is 17.3 Å². The molecule has 2 atom stereocenters. The lowest BCUT2D eigenvalue weighted by Gasteiger charge is -2.29. The van der Waals surface area contributed by atoms with Crippen LogP contribution in [0.1, 0.15) is 39.0 Å². The first-order chi connectivity index (χ1) is 8.66. The molecule has 2 rings (SSSR count). The van der Waals surface area contributed by atoms with Gasteiger partial charge in [-0.05, 0) is 37.5 Å². The van der Waals surface area contributed by atoms with E-state index in [1.807, 2.05) is 0 Å². The summed E-state index contributed by atoms with van der Waals surface area (Å²) in [5.41, 5.74) is -0.845. The van der Waals surface area contributed by atoms with Crippen molar-refractivity contribution in [3.05, 3.63) is 0 Å². The second-order valence-electron chi connectivity index (χ2n) is 5.80. The second kappa shape index (κ2) is 5.71. The van der Waals surface area contributed by atoms with Gasteiger partial charge in [-0.3, -0.25) is 4.79 Å². The number of ether oxygens (including phenoxy) is 1. The lowest BCUT2D eigenvalue weighted by Crippen LogP contribution is -2.45. The number of carbonyl (C=O) groups is 1. The first-order valence-corrected chi connectivity index (χ1v) is 6.93. The van der Waals surface area contributed by atoms with Gasteiger partial charge in [-0.25, -0.2) is 0 Å². The monoisotopic (exact) mass is 250 g/mol. The van der Waals surface area contributed by atoms with E-state index in [2.05, 4.69) is 18.3 Å². The van der Waals surface area contributed by atoms with E-state index in [4.69, 9.17) is 4.74 Å². The van der Waals surface area contributed by atoms with Crippen LogP contribution in [0.15, 0.2) is 0 Å². The molecule has 0 radical (unpaired) electrons. The van der Waals surface area contributed by atoms with Gasteiger partial charge in [0.15, 0.2) is 0 Å². The number of hydrogen-bond donors (Lipinski definition) is 1. The van der Waals surface area contributed by atoms with Gasteiger partial charge in [-0.1, -0.05) is 13.3 Å². The summed E-state index contributed by atoms with van der Waals surface area (Å²) in [4.78, 5) is 12.2. The van der Waals surface area contributed by atoms with Gasteiger partial charge in [0.25, 0.3) is 0 Å². The number of carbonyl (C=O) groups excluding carboxylic acids is 1. The van der Waals surface area contributed by atoms with Gasteiger partial charge in [0.05, 0.1) is 6.07 Å². The highest BCUT2D eigenvalue weighted by molar-refractivity contribution is 5.85. The summed E-state index contributed by atoms with van der Waals surface area (Å²) >= 11 is 0. The number of nitrogens with one attached hydrogen (secondary N) is 1. The fraction of sp³-hybridized carbons (Fsp3) is 0.857. The highest BCUT2D eigenvalue weighted by atomic mass is 16.5. The average molecular weight is 250 g/mol. The number of rotatable bonds is 3.